The second kappa shape index (κ2) is 3.66. The lowest BCUT2D eigenvalue weighted by Gasteiger charge is -2.17. The highest BCUT2D eigenvalue weighted by Crippen LogP contribution is 2.34. The predicted octanol–water partition coefficient (Wildman–Crippen LogP) is 0.0732. The largest absolute Gasteiger partial charge is 0.497 e. The minimum atomic E-state index is -0.637. The van der Waals surface area contributed by atoms with Gasteiger partial charge in [-0.1, -0.05) is 0 Å². The summed E-state index contributed by atoms with van der Waals surface area (Å²) in [5.41, 5.74) is 5.68. The zero-order valence-electron chi connectivity index (χ0n) is 8.37. The first-order valence-electron chi connectivity index (χ1n) is 4.79. The maximum atomic E-state index is 13.5. The molecule has 1 aliphatic heterocycles. The molecule has 0 radical (unpaired) electrons. The second-order valence-corrected chi connectivity index (χ2v) is 3.76. The van der Waals surface area contributed by atoms with Crippen LogP contribution >= 0.6 is 0 Å². The van der Waals surface area contributed by atoms with Gasteiger partial charge in [0.1, 0.15) is 11.6 Å². The monoisotopic (exact) mass is 212 g/mol. The van der Waals surface area contributed by atoms with Crippen molar-refractivity contribution in [1.29, 1.82) is 0 Å². The number of methoxy groups -OCH3 is 1. The minimum absolute atomic E-state index is 0.216. The molecule has 1 saturated heterocycles. The third-order valence-electron chi connectivity index (χ3n) is 2.92. The van der Waals surface area contributed by atoms with Gasteiger partial charge in [0.2, 0.25) is 5.91 Å². The summed E-state index contributed by atoms with van der Waals surface area (Å²) in [7, 11) is 1.48. The van der Waals surface area contributed by atoms with Crippen molar-refractivity contribution in [3.05, 3.63) is 23.7 Å². The van der Waals surface area contributed by atoms with Crippen LogP contribution in [0.15, 0.2) is 23.7 Å². The van der Waals surface area contributed by atoms with Gasteiger partial charge in [-0.05, 0) is 6.08 Å². The van der Waals surface area contributed by atoms with Gasteiger partial charge in [-0.2, -0.15) is 0 Å². The summed E-state index contributed by atoms with van der Waals surface area (Å²) in [6.07, 6.45) is 3.00. The van der Waals surface area contributed by atoms with Crippen LogP contribution in [0.4, 0.5) is 4.39 Å². The van der Waals surface area contributed by atoms with Gasteiger partial charge in [0.05, 0.1) is 13.2 Å². The summed E-state index contributed by atoms with van der Waals surface area (Å²) in [5, 5.41) is 2.62. The van der Waals surface area contributed by atoms with Crippen molar-refractivity contribution in [2.24, 2.45) is 17.6 Å². The van der Waals surface area contributed by atoms with Gasteiger partial charge in [-0.25, -0.2) is 4.39 Å². The lowest BCUT2D eigenvalue weighted by molar-refractivity contribution is -0.120. The molecule has 15 heavy (non-hydrogen) atoms. The second-order valence-electron chi connectivity index (χ2n) is 3.76. The smallest absolute Gasteiger partial charge is 0.237 e. The summed E-state index contributed by atoms with van der Waals surface area (Å²) in [4.78, 5) is 11.2. The van der Waals surface area contributed by atoms with Crippen molar-refractivity contribution in [2.45, 2.75) is 6.04 Å². The Bertz CT molecular complexity index is 351. The Hall–Kier alpha value is -1.36. The summed E-state index contributed by atoms with van der Waals surface area (Å²) in [5.74, 6) is -0.671. The molecule has 1 aliphatic carbocycles. The quantitative estimate of drug-likeness (QED) is 0.681. The van der Waals surface area contributed by atoms with E-state index < -0.39 is 12.0 Å². The molecule has 0 aromatic rings. The van der Waals surface area contributed by atoms with Gasteiger partial charge in [0.15, 0.2) is 0 Å². The maximum Gasteiger partial charge on any atom is 0.237 e. The van der Waals surface area contributed by atoms with Crippen LogP contribution in [0.5, 0.6) is 0 Å². The molecular formula is C10H13FN2O2. The van der Waals surface area contributed by atoms with Crippen molar-refractivity contribution < 1.29 is 13.9 Å². The first-order chi connectivity index (χ1) is 7.13. The number of hydrogen-bond donors (Lipinski definition) is 2. The summed E-state index contributed by atoms with van der Waals surface area (Å²) < 4.78 is 18.4. The average Bonchev–Trinajstić information content (AvgIpc) is 2.73. The molecule has 2 unspecified atom stereocenters. The molecule has 0 bridgehead atoms. The first kappa shape index (κ1) is 10.2. The van der Waals surface area contributed by atoms with Crippen LogP contribution in [0.25, 0.3) is 0 Å². The highest BCUT2D eigenvalue weighted by molar-refractivity contribution is 5.84. The molecule has 0 aromatic heterocycles. The number of halogens is 1. The van der Waals surface area contributed by atoms with Gasteiger partial charge in [0.25, 0.3) is 0 Å². The molecule has 0 saturated carbocycles. The van der Waals surface area contributed by atoms with E-state index in [1.165, 1.54) is 13.2 Å². The van der Waals surface area contributed by atoms with Gasteiger partial charge in [-0.3, -0.25) is 4.79 Å². The summed E-state index contributed by atoms with van der Waals surface area (Å²) in [6, 6.07) is -0.637. The van der Waals surface area contributed by atoms with Crippen LogP contribution in [-0.4, -0.2) is 25.6 Å². The topological polar surface area (TPSA) is 64.3 Å². The number of carbonyl (C=O) groups excluding carboxylic acids is 1. The third kappa shape index (κ3) is 1.63. The van der Waals surface area contributed by atoms with Gasteiger partial charge in [-0.15, -0.1) is 0 Å². The Morgan fingerprint density at radius 2 is 2.40 bits per heavy atom. The molecule has 4 nitrogen and oxygen atoms in total. The van der Waals surface area contributed by atoms with Crippen LogP contribution in [0, 0.1) is 11.8 Å². The molecule has 3 atom stereocenters. The van der Waals surface area contributed by atoms with Crippen molar-refractivity contribution in [2.75, 3.05) is 13.7 Å². The van der Waals surface area contributed by atoms with E-state index in [1.54, 1.807) is 6.08 Å². The molecule has 5 heteroatoms. The van der Waals surface area contributed by atoms with Crippen LogP contribution in [0.1, 0.15) is 0 Å². The molecule has 1 heterocycles. The zero-order valence-corrected chi connectivity index (χ0v) is 8.37. The standard InChI is InChI=1S/C10H13FN2O2/c1-15-5-2-6(8(11)3-5)7-4-13-10(14)9(7)12/h2-3,6-7,9H,4,12H2,1H3,(H,13,14)/t6?,7?,9-/m0/s1. The lowest BCUT2D eigenvalue weighted by Crippen LogP contribution is -2.36. The molecule has 1 fully saturated rings. The number of nitrogens with one attached hydrogen (secondary N) is 1. The Morgan fingerprint density at radius 1 is 1.67 bits per heavy atom. The van der Waals surface area contributed by atoms with E-state index in [-0.39, 0.29) is 17.7 Å². The van der Waals surface area contributed by atoms with Crippen LogP contribution in [0.3, 0.4) is 0 Å². The van der Waals surface area contributed by atoms with E-state index >= 15 is 0 Å². The lowest BCUT2D eigenvalue weighted by atomic mass is 9.89. The van der Waals surface area contributed by atoms with Gasteiger partial charge < -0.3 is 15.8 Å². The van der Waals surface area contributed by atoms with Gasteiger partial charge in [0, 0.05) is 24.5 Å². The maximum absolute atomic E-state index is 13.5. The molecule has 82 valence electrons. The third-order valence-corrected chi connectivity index (χ3v) is 2.92. The molecular weight excluding hydrogens is 199 g/mol. The highest BCUT2D eigenvalue weighted by atomic mass is 19.1. The molecule has 2 aliphatic rings. The minimum Gasteiger partial charge on any atom is -0.497 e. The number of carbonyl (C=O) groups is 1. The van der Waals surface area contributed by atoms with Crippen molar-refractivity contribution in [1.82, 2.24) is 5.32 Å². The Kier molecular flexibility index (Phi) is 2.48. The number of hydrogen-bond acceptors (Lipinski definition) is 3. The summed E-state index contributed by atoms with van der Waals surface area (Å²) >= 11 is 0. The predicted molar refractivity (Wildman–Crippen MR) is 52.2 cm³/mol. The number of rotatable bonds is 2. The fourth-order valence-corrected chi connectivity index (χ4v) is 2.00. The fourth-order valence-electron chi connectivity index (χ4n) is 2.00. The molecule has 0 aromatic carbocycles. The van der Waals surface area contributed by atoms with E-state index in [9.17, 15) is 9.18 Å². The molecule has 0 spiro atoms. The number of nitrogens with two attached hydrogens (primary N) is 1. The van der Waals surface area contributed by atoms with Crippen LogP contribution in [-0.2, 0) is 9.53 Å². The van der Waals surface area contributed by atoms with E-state index in [0.717, 1.165) is 0 Å². The van der Waals surface area contributed by atoms with E-state index in [4.69, 9.17) is 10.5 Å². The van der Waals surface area contributed by atoms with Crippen LogP contribution < -0.4 is 11.1 Å². The van der Waals surface area contributed by atoms with Crippen molar-refractivity contribution >= 4 is 5.91 Å². The fraction of sp³-hybridized carbons (Fsp3) is 0.500. The number of amides is 1. The average molecular weight is 212 g/mol. The SMILES string of the molecule is COC1=CC(C2CNC(=O)[C@H]2N)C(F)=C1. The normalized spacial score (nSPS) is 34.9. The van der Waals surface area contributed by atoms with Crippen molar-refractivity contribution in [3.63, 3.8) is 0 Å². The Labute approximate surface area is 87.0 Å². The van der Waals surface area contributed by atoms with E-state index in [2.05, 4.69) is 5.32 Å². The van der Waals surface area contributed by atoms with E-state index in [0.29, 0.717) is 12.3 Å². The first-order valence-corrected chi connectivity index (χ1v) is 4.79. The Morgan fingerprint density at radius 3 is 2.87 bits per heavy atom. The summed E-state index contributed by atoms with van der Waals surface area (Å²) in [6.45, 7) is 0.416. The Balaban J connectivity index is 2.16. The molecule has 3 N–H and O–H groups in total. The van der Waals surface area contributed by atoms with E-state index in [1.807, 2.05) is 0 Å². The zero-order chi connectivity index (χ0) is 11.0. The van der Waals surface area contributed by atoms with Crippen LogP contribution in [0.2, 0.25) is 0 Å². The van der Waals surface area contributed by atoms with Gasteiger partial charge >= 0.3 is 0 Å². The number of allylic oxidation sites excluding steroid dienone is 3. The number of ether oxygens (including phenoxy) is 1. The highest BCUT2D eigenvalue weighted by Gasteiger charge is 2.39. The molecule has 2 rings (SSSR count). The van der Waals surface area contributed by atoms with Crippen molar-refractivity contribution in [3.8, 4) is 0 Å². The molecule has 1 amide bonds.